The van der Waals surface area contributed by atoms with E-state index in [0.717, 1.165) is 16.8 Å². The van der Waals surface area contributed by atoms with Gasteiger partial charge in [0.1, 0.15) is 0 Å². The van der Waals surface area contributed by atoms with Crippen LogP contribution < -0.4 is 47.2 Å². The molecule has 9 heterocycles. The van der Waals surface area contributed by atoms with Crippen LogP contribution in [0.5, 0.6) is 0 Å². The molecule has 0 fully saturated rings. The van der Waals surface area contributed by atoms with Gasteiger partial charge in [-0.05, 0) is 223 Å². The average Bonchev–Trinajstić information content (AvgIpc) is 0.714. The number of aromatic nitrogens is 3. The standard InChI is InChI=1S/C47H31BN2.2C35H23BN2/c1-3-11-32(12-4-1)36-23-26-46-41(29-36)39-15-7-8-16-43(39)48-44-31-38(34-18-20-35(21-19-34)45-17-9-10-28-49-45)22-25-40(44)42-30-37(24-27-47(42)50(46)48)33-13-5-2-6-14-33;1-4-12-32-28(9-1)30-10-2-5-13-34(30)38-35-14-6-3-11-31(35)29-20-19-26(22-33(29)36(32)38)24-15-17-25(18-16-24)27-8-7-21-37-23-27;1-4-10-32-28(7-1)30-8-2-5-11-34(30)38-35-12-6-3-9-31(35)29-18-17-27(23-33(29)36(32)38)25-15-13-24(14-16-25)26-19-21-37-22-20-26/h1-31H;2*1-23H. The van der Waals surface area contributed by atoms with Gasteiger partial charge in [0.05, 0.1) is 5.69 Å². The number of benzene rings is 17. The Morgan fingerprint density at radius 1 is 0.151 bits per heavy atom. The summed E-state index contributed by atoms with van der Waals surface area (Å²) in [6.45, 7) is 0.252. The minimum absolute atomic E-state index is 0.0269. The second kappa shape index (κ2) is 31.0. The van der Waals surface area contributed by atoms with Crippen molar-refractivity contribution in [1.82, 2.24) is 15.0 Å². The summed E-state index contributed by atoms with van der Waals surface area (Å²) in [4.78, 5) is 20.7. The summed E-state index contributed by atoms with van der Waals surface area (Å²) < 4.78 is 0. The van der Waals surface area contributed by atoms with Crippen molar-refractivity contribution >= 4 is 87.4 Å². The molecule has 20 aromatic rings. The van der Waals surface area contributed by atoms with Crippen LogP contribution in [0.1, 0.15) is 0 Å². The first-order valence-electron chi connectivity index (χ1n) is 43.4. The lowest BCUT2D eigenvalue weighted by molar-refractivity contribution is 1.33. The maximum atomic E-state index is 4.56. The molecule has 6 nitrogen and oxygen atoms in total. The third kappa shape index (κ3) is 12.6. The van der Waals surface area contributed by atoms with Crippen molar-refractivity contribution in [2.45, 2.75) is 0 Å². The van der Waals surface area contributed by atoms with Gasteiger partial charge in [0.15, 0.2) is 0 Å². The van der Waals surface area contributed by atoms with Crippen molar-refractivity contribution in [3.8, 4) is 156 Å². The quantitative estimate of drug-likeness (QED) is 0.141. The molecule has 0 N–H and O–H groups in total. The third-order valence-electron chi connectivity index (χ3n) is 26.3. The van der Waals surface area contributed by atoms with Gasteiger partial charge in [0.25, 0.3) is 0 Å². The van der Waals surface area contributed by atoms with Gasteiger partial charge < -0.3 is 14.4 Å². The molecule has 0 amide bonds. The van der Waals surface area contributed by atoms with E-state index >= 15 is 0 Å². The zero-order chi connectivity index (χ0) is 83.1. The van der Waals surface area contributed by atoms with E-state index in [1.165, 1.54) is 206 Å². The summed E-state index contributed by atoms with van der Waals surface area (Å²) in [6, 6.07) is 159. The number of nitrogens with zero attached hydrogens (tertiary/aromatic N) is 6. The molecular formula is C117H77B3N6. The Kier molecular flexibility index (Phi) is 18.2. The minimum Gasteiger partial charge on any atom is -0.376 e. The van der Waals surface area contributed by atoms with Crippen LogP contribution in [-0.2, 0) is 0 Å². The molecule has 0 aliphatic carbocycles. The van der Waals surface area contributed by atoms with E-state index in [2.05, 4.69) is 448 Å². The zero-order valence-electron chi connectivity index (χ0n) is 68.9. The fourth-order valence-electron chi connectivity index (χ4n) is 20.5. The largest absolute Gasteiger partial charge is 0.376 e. The molecule has 17 aromatic carbocycles. The molecule has 3 aromatic heterocycles. The summed E-state index contributed by atoms with van der Waals surface area (Å²) in [7, 11) is 0. The van der Waals surface area contributed by atoms with Crippen LogP contribution in [0.25, 0.3) is 156 Å². The predicted octanol–water partition coefficient (Wildman–Crippen LogP) is 25.3. The van der Waals surface area contributed by atoms with Crippen molar-refractivity contribution in [2.75, 3.05) is 14.4 Å². The van der Waals surface area contributed by atoms with Crippen LogP contribution in [0.2, 0.25) is 0 Å². The highest BCUT2D eigenvalue weighted by Gasteiger charge is 2.46. The monoisotopic (exact) mass is 1600 g/mol. The first-order valence-corrected chi connectivity index (χ1v) is 43.4. The van der Waals surface area contributed by atoms with Crippen molar-refractivity contribution in [1.29, 1.82) is 0 Å². The topological polar surface area (TPSA) is 48.4 Å². The molecule has 9 heteroatoms. The smallest absolute Gasteiger partial charge is 0.329 e. The molecule has 0 spiro atoms. The number of hydrogen-bond donors (Lipinski definition) is 0. The third-order valence-corrected chi connectivity index (χ3v) is 26.3. The van der Waals surface area contributed by atoms with Crippen LogP contribution in [-0.4, -0.2) is 35.5 Å². The predicted molar refractivity (Wildman–Crippen MR) is 530 cm³/mol. The zero-order valence-corrected chi connectivity index (χ0v) is 68.9. The Labute approximate surface area is 735 Å². The molecule has 0 atom stereocenters. The first kappa shape index (κ1) is 73.7. The number of hydrogen-bond acceptors (Lipinski definition) is 6. The van der Waals surface area contributed by atoms with Gasteiger partial charge in [-0.15, -0.1) is 0 Å². The van der Waals surface area contributed by atoms with E-state index < -0.39 is 0 Å². The summed E-state index contributed by atoms with van der Waals surface area (Å²) >= 11 is 0. The molecule has 0 radical (unpaired) electrons. The lowest BCUT2D eigenvalue weighted by Gasteiger charge is -2.43. The summed E-state index contributed by atoms with van der Waals surface area (Å²) in [5.41, 5.74) is 50.1. The van der Waals surface area contributed by atoms with Gasteiger partial charge in [0.2, 0.25) is 0 Å². The average molecular weight is 1600 g/mol. The van der Waals surface area contributed by atoms with Crippen LogP contribution >= 0.6 is 0 Å². The van der Waals surface area contributed by atoms with Gasteiger partial charge in [-0.2, -0.15) is 0 Å². The summed E-state index contributed by atoms with van der Waals surface area (Å²) in [5, 5.41) is 0. The van der Waals surface area contributed by atoms with Crippen LogP contribution in [0.4, 0.5) is 34.1 Å². The van der Waals surface area contributed by atoms with E-state index in [9.17, 15) is 0 Å². The molecule has 584 valence electrons. The Morgan fingerprint density at radius 3 is 0.817 bits per heavy atom. The van der Waals surface area contributed by atoms with E-state index in [1.54, 1.807) is 0 Å². The van der Waals surface area contributed by atoms with Gasteiger partial charge in [0, 0.05) is 104 Å². The number of rotatable bonds is 8. The molecule has 0 saturated carbocycles. The fourth-order valence-corrected chi connectivity index (χ4v) is 20.5. The van der Waals surface area contributed by atoms with Crippen molar-refractivity contribution in [3.63, 3.8) is 0 Å². The molecule has 6 aliphatic heterocycles. The van der Waals surface area contributed by atoms with Crippen LogP contribution in [0.3, 0.4) is 0 Å². The Bertz CT molecular complexity index is 7330. The highest BCUT2D eigenvalue weighted by molar-refractivity contribution is 6.94. The Morgan fingerprint density at radius 2 is 0.429 bits per heavy atom. The van der Waals surface area contributed by atoms with Crippen molar-refractivity contribution in [3.05, 3.63) is 468 Å². The molecule has 0 unspecified atom stereocenters. The summed E-state index contributed by atoms with van der Waals surface area (Å²) in [6.07, 6.45) is 9.27. The van der Waals surface area contributed by atoms with Crippen LogP contribution in [0.15, 0.2) is 468 Å². The summed E-state index contributed by atoms with van der Waals surface area (Å²) in [5.74, 6) is 0. The fraction of sp³-hybridized carbons (Fsp3) is 0. The van der Waals surface area contributed by atoms with E-state index in [1.807, 2.05) is 49.2 Å². The first-order chi connectivity index (χ1) is 62.5. The van der Waals surface area contributed by atoms with Crippen molar-refractivity contribution < 1.29 is 0 Å². The normalized spacial score (nSPS) is 12.5. The molecule has 126 heavy (non-hydrogen) atoms. The van der Waals surface area contributed by atoms with Crippen LogP contribution in [0, 0.1) is 0 Å². The number of pyridine rings is 3. The lowest BCUT2D eigenvalue weighted by Crippen LogP contribution is -2.59. The van der Waals surface area contributed by atoms with E-state index in [-0.39, 0.29) is 20.5 Å². The Balaban J connectivity index is 0.000000107. The highest BCUT2D eigenvalue weighted by atomic mass is 15.1. The lowest BCUT2D eigenvalue weighted by atomic mass is 9.43. The van der Waals surface area contributed by atoms with Gasteiger partial charge >= 0.3 is 20.5 Å². The maximum Gasteiger partial charge on any atom is 0.329 e. The highest BCUT2D eigenvalue weighted by Crippen LogP contribution is 2.52. The van der Waals surface area contributed by atoms with E-state index in [4.69, 9.17) is 0 Å². The SMILES string of the molecule is c1ccc(-c2ccc3c(c2)-c2ccccc2B2c4cc(-c5ccc(-c6ccccn6)cc5)ccc4-c4cc(-c5ccccc5)ccc4N23)cc1.c1ccc2c(c1)B1c3cc(-c4ccc(-c5ccncc5)cc4)ccc3-c3ccccc3N1c1ccccc1-2.c1cncc(-c2ccc(-c3ccc4c(c3)B3c5ccccc5-c5ccccc5N3c3ccccc3-4)cc2)c1. The van der Waals surface area contributed by atoms with Crippen molar-refractivity contribution in [2.24, 2.45) is 0 Å². The molecule has 0 bridgehead atoms. The Hall–Kier alpha value is -16.2. The number of anilines is 6. The maximum absolute atomic E-state index is 4.56. The number of fused-ring (bicyclic) bond motifs is 33. The van der Waals surface area contributed by atoms with E-state index in [0.29, 0.717) is 0 Å². The molecule has 26 rings (SSSR count). The second-order valence-electron chi connectivity index (χ2n) is 33.2. The number of para-hydroxylation sites is 4. The minimum atomic E-state index is 0.0269. The second-order valence-corrected chi connectivity index (χ2v) is 33.2. The van der Waals surface area contributed by atoms with Gasteiger partial charge in [-0.3, -0.25) is 15.0 Å². The molecule has 0 saturated heterocycles. The van der Waals surface area contributed by atoms with Gasteiger partial charge in [-0.25, -0.2) is 0 Å². The molecular weight excluding hydrogens is 1520 g/mol. The molecule has 6 aliphatic rings. The van der Waals surface area contributed by atoms with Gasteiger partial charge in [-0.1, -0.05) is 358 Å².